The molecule has 1 aliphatic rings. The number of hydrogen-bond donors (Lipinski definition) is 3. The van der Waals surface area contributed by atoms with E-state index in [1.54, 1.807) is 0 Å². The van der Waals surface area contributed by atoms with Gasteiger partial charge in [-0.2, -0.15) is 0 Å². The van der Waals surface area contributed by atoms with Crippen LogP contribution < -0.4 is 10.6 Å². The van der Waals surface area contributed by atoms with Crippen molar-refractivity contribution < 1.29 is 19.4 Å². The van der Waals surface area contributed by atoms with Gasteiger partial charge >= 0.3 is 12.0 Å². The number of carboxylic acids is 1. The topological polar surface area (TPSA) is 87.7 Å². The van der Waals surface area contributed by atoms with Crippen molar-refractivity contribution in [3.63, 3.8) is 0 Å². The summed E-state index contributed by atoms with van der Waals surface area (Å²) >= 11 is 0. The largest absolute Gasteiger partial charge is 0.481 e. The standard InChI is InChI=1S/C13H24N2O4/c1-9(2)6-10(12(16)17)7-14-13(18)15-11-4-3-5-19-8-11/h9-11H,3-8H2,1-2H3,(H,16,17)(H2,14,15,18). The van der Waals surface area contributed by atoms with Gasteiger partial charge in [-0.05, 0) is 25.2 Å². The predicted molar refractivity (Wildman–Crippen MR) is 71.0 cm³/mol. The number of carboxylic acid groups (broad SMARTS) is 1. The summed E-state index contributed by atoms with van der Waals surface area (Å²) < 4.78 is 5.26. The second kappa shape index (κ2) is 7.99. The summed E-state index contributed by atoms with van der Waals surface area (Å²) in [6.45, 7) is 5.37. The third-order valence-electron chi connectivity index (χ3n) is 3.11. The Morgan fingerprint density at radius 3 is 2.68 bits per heavy atom. The molecule has 2 unspecified atom stereocenters. The van der Waals surface area contributed by atoms with Gasteiger partial charge in [0.25, 0.3) is 0 Å². The van der Waals surface area contributed by atoms with Crippen LogP contribution in [-0.2, 0) is 9.53 Å². The van der Waals surface area contributed by atoms with Gasteiger partial charge in [0.1, 0.15) is 0 Å². The quantitative estimate of drug-likeness (QED) is 0.678. The fourth-order valence-electron chi connectivity index (χ4n) is 2.15. The predicted octanol–water partition coefficient (Wildman–Crippen LogP) is 1.21. The van der Waals surface area contributed by atoms with Gasteiger partial charge in [0.05, 0.1) is 18.6 Å². The highest BCUT2D eigenvalue weighted by Gasteiger charge is 2.21. The van der Waals surface area contributed by atoms with Gasteiger partial charge in [-0.15, -0.1) is 0 Å². The maximum Gasteiger partial charge on any atom is 0.315 e. The molecule has 0 saturated carbocycles. The van der Waals surface area contributed by atoms with Crippen molar-refractivity contribution in [2.75, 3.05) is 19.8 Å². The first-order valence-corrected chi connectivity index (χ1v) is 6.84. The molecule has 1 heterocycles. The average Bonchev–Trinajstić information content (AvgIpc) is 2.35. The Kier molecular flexibility index (Phi) is 6.62. The fraction of sp³-hybridized carbons (Fsp3) is 0.846. The van der Waals surface area contributed by atoms with Gasteiger partial charge in [0.15, 0.2) is 0 Å². The molecule has 2 amide bonds. The van der Waals surface area contributed by atoms with E-state index in [0.717, 1.165) is 19.4 Å². The average molecular weight is 272 g/mol. The molecule has 110 valence electrons. The minimum Gasteiger partial charge on any atom is -0.481 e. The highest BCUT2D eigenvalue weighted by atomic mass is 16.5. The van der Waals surface area contributed by atoms with Crippen LogP contribution in [-0.4, -0.2) is 42.9 Å². The fourth-order valence-corrected chi connectivity index (χ4v) is 2.15. The van der Waals surface area contributed by atoms with Crippen molar-refractivity contribution in [3.05, 3.63) is 0 Å². The van der Waals surface area contributed by atoms with Gasteiger partial charge in [-0.25, -0.2) is 4.79 Å². The number of carbonyl (C=O) groups is 2. The Morgan fingerprint density at radius 1 is 1.42 bits per heavy atom. The minimum absolute atomic E-state index is 0.0297. The van der Waals surface area contributed by atoms with E-state index in [9.17, 15) is 9.59 Å². The van der Waals surface area contributed by atoms with E-state index in [-0.39, 0.29) is 24.5 Å². The zero-order valence-corrected chi connectivity index (χ0v) is 11.6. The number of hydrogen-bond acceptors (Lipinski definition) is 3. The molecule has 6 heteroatoms. The Bertz CT molecular complexity index is 301. The molecule has 0 radical (unpaired) electrons. The van der Waals surface area contributed by atoms with E-state index < -0.39 is 11.9 Å². The molecule has 0 aromatic carbocycles. The molecule has 0 aromatic heterocycles. The molecule has 2 atom stereocenters. The molecular weight excluding hydrogens is 248 g/mol. The van der Waals surface area contributed by atoms with Crippen molar-refractivity contribution in [2.45, 2.75) is 39.2 Å². The molecule has 0 aliphatic carbocycles. The zero-order chi connectivity index (χ0) is 14.3. The van der Waals surface area contributed by atoms with E-state index >= 15 is 0 Å². The van der Waals surface area contributed by atoms with Crippen LogP contribution in [0.2, 0.25) is 0 Å². The van der Waals surface area contributed by atoms with E-state index in [1.165, 1.54) is 0 Å². The van der Waals surface area contributed by atoms with Gasteiger partial charge in [-0.3, -0.25) is 4.79 Å². The molecule has 1 rings (SSSR count). The second-order valence-electron chi connectivity index (χ2n) is 5.43. The van der Waals surface area contributed by atoms with Gasteiger partial charge in [0, 0.05) is 13.2 Å². The van der Waals surface area contributed by atoms with Gasteiger partial charge in [-0.1, -0.05) is 13.8 Å². The van der Waals surface area contributed by atoms with Crippen molar-refractivity contribution in [1.29, 1.82) is 0 Å². The number of carbonyl (C=O) groups excluding carboxylic acids is 1. The van der Waals surface area contributed by atoms with Crippen LogP contribution >= 0.6 is 0 Å². The van der Waals surface area contributed by atoms with E-state index in [1.807, 2.05) is 13.8 Å². The van der Waals surface area contributed by atoms with Crippen LogP contribution in [0, 0.1) is 11.8 Å². The van der Waals surface area contributed by atoms with Gasteiger partial charge in [0.2, 0.25) is 0 Å². The highest BCUT2D eigenvalue weighted by molar-refractivity contribution is 5.76. The number of rotatable bonds is 6. The molecule has 1 fully saturated rings. The lowest BCUT2D eigenvalue weighted by molar-refractivity contribution is -0.142. The summed E-state index contributed by atoms with van der Waals surface area (Å²) in [5, 5.41) is 14.5. The summed E-state index contributed by atoms with van der Waals surface area (Å²) in [7, 11) is 0. The summed E-state index contributed by atoms with van der Waals surface area (Å²) in [5.74, 6) is -1.11. The Hall–Kier alpha value is -1.30. The van der Waals surface area contributed by atoms with Crippen molar-refractivity contribution in [1.82, 2.24) is 10.6 Å². The molecule has 19 heavy (non-hydrogen) atoms. The summed E-state index contributed by atoms with van der Waals surface area (Å²) in [6.07, 6.45) is 2.40. The molecule has 3 N–H and O–H groups in total. The molecule has 0 aromatic rings. The van der Waals surface area contributed by atoms with Crippen LogP contribution in [0.25, 0.3) is 0 Å². The number of amides is 2. The first-order chi connectivity index (χ1) is 8.99. The lowest BCUT2D eigenvalue weighted by Crippen LogP contribution is -2.47. The normalized spacial score (nSPS) is 20.9. The number of ether oxygens (including phenoxy) is 1. The summed E-state index contributed by atoms with van der Waals surface area (Å²) in [6, 6.07) is -0.285. The molecule has 1 aliphatic heterocycles. The lowest BCUT2D eigenvalue weighted by atomic mass is 9.97. The van der Waals surface area contributed by atoms with E-state index in [0.29, 0.717) is 13.0 Å². The molecular formula is C13H24N2O4. The molecule has 0 spiro atoms. The van der Waals surface area contributed by atoms with Crippen molar-refractivity contribution in [2.24, 2.45) is 11.8 Å². The Morgan fingerprint density at radius 2 is 2.16 bits per heavy atom. The number of aliphatic carboxylic acids is 1. The summed E-state index contributed by atoms with van der Waals surface area (Å²) in [4.78, 5) is 22.7. The third-order valence-corrected chi connectivity index (χ3v) is 3.11. The maximum atomic E-state index is 11.7. The van der Waals surface area contributed by atoms with Crippen LogP contribution in [0.1, 0.15) is 33.1 Å². The first kappa shape index (κ1) is 15.8. The molecule has 6 nitrogen and oxygen atoms in total. The van der Waals surface area contributed by atoms with Crippen LogP contribution in [0.4, 0.5) is 4.79 Å². The van der Waals surface area contributed by atoms with E-state index in [2.05, 4.69) is 10.6 Å². The highest BCUT2D eigenvalue weighted by Crippen LogP contribution is 2.11. The Balaban J connectivity index is 2.28. The molecule has 0 bridgehead atoms. The lowest BCUT2D eigenvalue weighted by Gasteiger charge is -2.23. The second-order valence-corrected chi connectivity index (χ2v) is 5.43. The third kappa shape index (κ3) is 6.42. The first-order valence-electron chi connectivity index (χ1n) is 6.84. The maximum absolute atomic E-state index is 11.7. The van der Waals surface area contributed by atoms with Crippen LogP contribution in [0.15, 0.2) is 0 Å². The number of urea groups is 1. The van der Waals surface area contributed by atoms with Crippen LogP contribution in [0.5, 0.6) is 0 Å². The van der Waals surface area contributed by atoms with Crippen molar-refractivity contribution >= 4 is 12.0 Å². The van der Waals surface area contributed by atoms with Crippen LogP contribution in [0.3, 0.4) is 0 Å². The SMILES string of the molecule is CC(C)CC(CNC(=O)NC1CCCOC1)C(=O)O. The monoisotopic (exact) mass is 272 g/mol. The zero-order valence-electron chi connectivity index (χ0n) is 11.6. The minimum atomic E-state index is -0.866. The van der Waals surface area contributed by atoms with Gasteiger partial charge < -0.3 is 20.5 Å². The summed E-state index contributed by atoms with van der Waals surface area (Å²) in [5.41, 5.74) is 0. The van der Waals surface area contributed by atoms with E-state index in [4.69, 9.17) is 9.84 Å². The number of nitrogens with one attached hydrogen (secondary N) is 2. The smallest absolute Gasteiger partial charge is 0.315 e. The van der Waals surface area contributed by atoms with Crippen molar-refractivity contribution in [3.8, 4) is 0 Å². The molecule has 1 saturated heterocycles. The Labute approximate surface area is 113 Å².